The Kier molecular flexibility index (Phi) is 5.47. The van der Waals surface area contributed by atoms with Crippen LogP contribution in [0.5, 0.6) is 0 Å². The molecule has 0 aliphatic heterocycles. The monoisotopic (exact) mass is 660 g/mol. The van der Waals surface area contributed by atoms with E-state index >= 15 is 0 Å². The van der Waals surface area contributed by atoms with Crippen LogP contribution in [0.15, 0.2) is 170 Å². The van der Waals surface area contributed by atoms with Crippen LogP contribution in [0.2, 0.25) is 0 Å². The van der Waals surface area contributed by atoms with Crippen LogP contribution < -0.4 is 0 Å². The van der Waals surface area contributed by atoms with E-state index in [0.717, 1.165) is 33.2 Å². The van der Waals surface area contributed by atoms with Gasteiger partial charge in [-0.1, -0.05) is 140 Å². The molecule has 0 unspecified atom stereocenters. The van der Waals surface area contributed by atoms with Gasteiger partial charge >= 0.3 is 0 Å². The van der Waals surface area contributed by atoms with Crippen LogP contribution in [0, 0.1) is 0 Å². The molecule has 0 fully saturated rings. The van der Waals surface area contributed by atoms with Crippen LogP contribution in [0.4, 0.5) is 0 Å². The van der Waals surface area contributed by atoms with E-state index in [1.165, 1.54) is 70.8 Å². The number of para-hydroxylation sites is 3. The minimum Gasteiger partial charge on any atom is -0.308 e. The summed E-state index contributed by atoms with van der Waals surface area (Å²) < 4.78 is 4.79. The molecular formula is C48H28N4. The van der Waals surface area contributed by atoms with Gasteiger partial charge in [0.05, 0.1) is 38.8 Å². The smallest absolute Gasteiger partial charge is 0.235 e. The minimum absolute atomic E-state index is 0.667. The highest BCUT2D eigenvalue weighted by molar-refractivity contribution is 6.36. The zero-order valence-electron chi connectivity index (χ0n) is 28.0. The molecule has 12 rings (SSSR count). The molecule has 4 nitrogen and oxygen atoms in total. The molecule has 52 heavy (non-hydrogen) atoms. The van der Waals surface area contributed by atoms with Gasteiger partial charge in [0.2, 0.25) is 5.95 Å². The molecule has 0 aliphatic carbocycles. The number of nitrogens with zero attached hydrogens (tertiary/aromatic N) is 4. The summed E-state index contributed by atoms with van der Waals surface area (Å²) >= 11 is 0. The van der Waals surface area contributed by atoms with Crippen LogP contribution in [0.1, 0.15) is 0 Å². The van der Waals surface area contributed by atoms with Crippen molar-refractivity contribution in [3.63, 3.8) is 0 Å². The first kappa shape index (κ1) is 27.7. The summed E-state index contributed by atoms with van der Waals surface area (Å²) in [5, 5.41) is 11.0. The largest absolute Gasteiger partial charge is 0.308 e. The minimum atomic E-state index is 0.667. The topological polar surface area (TPSA) is 35.1 Å². The molecule has 0 aliphatic rings. The van der Waals surface area contributed by atoms with Gasteiger partial charge in [-0.05, 0) is 52.2 Å². The fraction of sp³-hybridized carbons (Fsp3) is 0. The number of rotatable bonds is 3. The first-order valence-electron chi connectivity index (χ1n) is 17.8. The van der Waals surface area contributed by atoms with E-state index in [0.29, 0.717) is 5.95 Å². The lowest BCUT2D eigenvalue weighted by Crippen LogP contribution is -2.03. The van der Waals surface area contributed by atoms with Gasteiger partial charge in [0, 0.05) is 43.3 Å². The zero-order valence-corrected chi connectivity index (χ0v) is 28.0. The van der Waals surface area contributed by atoms with Gasteiger partial charge in [0.1, 0.15) is 0 Å². The lowest BCUT2D eigenvalue weighted by atomic mass is 10.00. The molecule has 8 aromatic carbocycles. The number of aromatic nitrogens is 4. The third-order valence-corrected chi connectivity index (χ3v) is 11.0. The molecule has 4 aromatic heterocycles. The molecule has 240 valence electrons. The summed E-state index contributed by atoms with van der Waals surface area (Å²) in [5.41, 5.74) is 11.2. The van der Waals surface area contributed by atoms with E-state index in [-0.39, 0.29) is 0 Å². The van der Waals surface area contributed by atoms with Crippen molar-refractivity contribution in [3.8, 4) is 28.3 Å². The number of benzene rings is 8. The first-order valence-corrected chi connectivity index (χ1v) is 17.8. The van der Waals surface area contributed by atoms with Crippen LogP contribution in [-0.2, 0) is 0 Å². The summed E-state index contributed by atoms with van der Waals surface area (Å²) in [4.78, 5) is 10.8. The Balaban J connectivity index is 1.23. The van der Waals surface area contributed by atoms with Crippen LogP contribution >= 0.6 is 0 Å². The van der Waals surface area contributed by atoms with Crippen molar-refractivity contribution in [2.75, 3.05) is 0 Å². The van der Waals surface area contributed by atoms with E-state index in [1.54, 1.807) is 0 Å². The van der Waals surface area contributed by atoms with Gasteiger partial charge < -0.3 is 4.40 Å². The lowest BCUT2D eigenvalue weighted by Gasteiger charge is -2.13. The van der Waals surface area contributed by atoms with E-state index in [4.69, 9.17) is 9.97 Å². The van der Waals surface area contributed by atoms with E-state index < -0.39 is 0 Å². The molecule has 4 heterocycles. The summed E-state index contributed by atoms with van der Waals surface area (Å²) in [6, 6.07) is 60.9. The predicted molar refractivity (Wildman–Crippen MR) is 217 cm³/mol. The SMILES string of the molecule is c1ccc(-c2ccc(-c3nc(-n4c5ccccc5c5cc6c7c8ccccc8ccc7n7c8ccccc8c(c54)c67)nc4ccccc34)cc2)cc1. The molecule has 0 radical (unpaired) electrons. The van der Waals surface area contributed by atoms with E-state index in [9.17, 15) is 0 Å². The maximum atomic E-state index is 5.47. The predicted octanol–water partition coefficient (Wildman–Crippen LogP) is 12.4. The molecule has 0 amide bonds. The summed E-state index contributed by atoms with van der Waals surface area (Å²) in [7, 11) is 0. The summed E-state index contributed by atoms with van der Waals surface area (Å²) in [6.45, 7) is 0. The van der Waals surface area contributed by atoms with Gasteiger partial charge in [-0.15, -0.1) is 0 Å². The van der Waals surface area contributed by atoms with Gasteiger partial charge in [-0.25, -0.2) is 9.97 Å². The maximum absolute atomic E-state index is 5.47. The Morgan fingerprint density at radius 3 is 1.87 bits per heavy atom. The van der Waals surface area contributed by atoms with Gasteiger partial charge in [0.25, 0.3) is 0 Å². The number of fused-ring (bicyclic) bond motifs is 13. The second kappa shape index (κ2) is 10.3. The average molecular weight is 661 g/mol. The molecule has 0 N–H and O–H groups in total. The van der Waals surface area contributed by atoms with Crippen molar-refractivity contribution in [2.45, 2.75) is 0 Å². The Morgan fingerprint density at radius 2 is 1.02 bits per heavy atom. The van der Waals surface area contributed by atoms with E-state index in [2.05, 4.69) is 179 Å². The van der Waals surface area contributed by atoms with Crippen molar-refractivity contribution in [3.05, 3.63) is 170 Å². The summed E-state index contributed by atoms with van der Waals surface area (Å²) in [5.74, 6) is 0.667. The average Bonchev–Trinajstić information content (AvgIpc) is 3.85. The molecule has 0 atom stereocenters. The molecule has 0 spiro atoms. The Morgan fingerprint density at radius 1 is 0.365 bits per heavy atom. The van der Waals surface area contributed by atoms with Crippen molar-refractivity contribution >= 4 is 81.6 Å². The molecular weight excluding hydrogens is 633 g/mol. The van der Waals surface area contributed by atoms with E-state index in [1.807, 2.05) is 0 Å². The molecule has 12 aromatic rings. The molecule has 0 saturated carbocycles. The maximum Gasteiger partial charge on any atom is 0.235 e. The quantitative estimate of drug-likeness (QED) is 0.189. The molecule has 0 bridgehead atoms. The molecule has 4 heteroatoms. The van der Waals surface area contributed by atoms with Crippen LogP contribution in [0.3, 0.4) is 0 Å². The zero-order chi connectivity index (χ0) is 33.9. The number of hydrogen-bond donors (Lipinski definition) is 0. The Bertz CT molecular complexity index is 3390. The fourth-order valence-corrected chi connectivity index (χ4v) is 8.82. The first-order chi connectivity index (χ1) is 25.8. The standard InChI is InChI=1S/C48H28N4/c1-2-12-29(13-3-1)30-22-24-32(25-23-30)45-35-17-6-9-19-39(35)49-48(50-45)52-40-20-10-7-16-34(40)37-28-38-43-33-15-5-4-14-31(33)26-27-42(43)51-41-21-11-8-18-36(41)44(46(37)52)47(38)51/h1-28H. The third-order valence-electron chi connectivity index (χ3n) is 11.0. The van der Waals surface area contributed by atoms with Crippen LogP contribution in [0.25, 0.3) is 110 Å². The second-order valence-electron chi connectivity index (χ2n) is 13.8. The fourth-order valence-electron chi connectivity index (χ4n) is 8.82. The van der Waals surface area contributed by atoms with Crippen molar-refractivity contribution < 1.29 is 0 Å². The van der Waals surface area contributed by atoms with Crippen molar-refractivity contribution in [1.29, 1.82) is 0 Å². The summed E-state index contributed by atoms with van der Waals surface area (Å²) in [6.07, 6.45) is 0. The van der Waals surface area contributed by atoms with Crippen molar-refractivity contribution in [2.24, 2.45) is 0 Å². The highest BCUT2D eigenvalue weighted by Gasteiger charge is 2.26. The van der Waals surface area contributed by atoms with Crippen LogP contribution in [-0.4, -0.2) is 18.9 Å². The van der Waals surface area contributed by atoms with Gasteiger partial charge in [-0.3, -0.25) is 4.57 Å². The normalized spacial score (nSPS) is 12.2. The highest BCUT2D eigenvalue weighted by atomic mass is 15.2. The lowest BCUT2D eigenvalue weighted by molar-refractivity contribution is 1.02. The Labute approximate surface area is 297 Å². The van der Waals surface area contributed by atoms with Gasteiger partial charge in [0.15, 0.2) is 0 Å². The second-order valence-corrected chi connectivity index (χ2v) is 13.8. The third kappa shape index (κ3) is 3.65. The Hall–Kier alpha value is -7.04. The number of hydrogen-bond acceptors (Lipinski definition) is 2. The van der Waals surface area contributed by atoms with Crippen molar-refractivity contribution in [1.82, 2.24) is 18.9 Å². The highest BCUT2D eigenvalue weighted by Crippen LogP contribution is 2.47. The van der Waals surface area contributed by atoms with Gasteiger partial charge in [-0.2, -0.15) is 0 Å². The molecule has 0 saturated heterocycles.